The quantitative estimate of drug-likeness (QED) is 0.679. The minimum absolute atomic E-state index is 0.907. The second kappa shape index (κ2) is 3.25. The Morgan fingerprint density at radius 3 is 3.08 bits per heavy atom. The van der Waals surface area contributed by atoms with E-state index >= 15 is 0 Å². The molecule has 1 fully saturated rings. The maximum Gasteiger partial charge on any atom is 0.133 e. The average Bonchev–Trinajstić information content (AvgIpc) is 2.76. The predicted molar refractivity (Wildman–Crippen MR) is 46.7 cm³/mol. The maximum absolute atomic E-state index is 4.13. The lowest BCUT2D eigenvalue weighted by Crippen LogP contribution is -2.03. The highest BCUT2D eigenvalue weighted by molar-refractivity contribution is 4.92. The van der Waals surface area contributed by atoms with E-state index in [0.717, 1.165) is 25.3 Å². The van der Waals surface area contributed by atoms with Crippen LogP contribution in [0.3, 0.4) is 0 Å². The van der Waals surface area contributed by atoms with E-state index in [1.165, 1.54) is 18.7 Å². The van der Waals surface area contributed by atoms with Crippen LogP contribution in [0.15, 0.2) is 6.33 Å². The van der Waals surface area contributed by atoms with Crippen LogP contribution >= 0.6 is 0 Å². The maximum atomic E-state index is 4.13. The van der Waals surface area contributed by atoms with Gasteiger partial charge in [-0.1, -0.05) is 6.92 Å². The van der Waals surface area contributed by atoms with Crippen LogP contribution in [0.5, 0.6) is 0 Å². The van der Waals surface area contributed by atoms with Crippen molar-refractivity contribution in [2.75, 3.05) is 0 Å². The van der Waals surface area contributed by atoms with Crippen molar-refractivity contribution in [2.45, 2.75) is 39.2 Å². The number of aryl methyl sites for hydroxylation is 1. The molecule has 1 saturated carbocycles. The zero-order valence-electron chi connectivity index (χ0n) is 7.53. The molecule has 3 heteroatoms. The van der Waals surface area contributed by atoms with Crippen LogP contribution in [0.2, 0.25) is 0 Å². The summed E-state index contributed by atoms with van der Waals surface area (Å²) in [4.78, 5) is 0. The van der Waals surface area contributed by atoms with Crippen LogP contribution in [-0.2, 0) is 13.0 Å². The standard InChI is InChI=1S/C9H15N3/c1-2-5-12-7-10-11-9(12)6-8-3-4-8/h7-8H,2-6H2,1H3. The van der Waals surface area contributed by atoms with Gasteiger partial charge < -0.3 is 4.57 Å². The molecule has 1 aliphatic carbocycles. The Labute approximate surface area is 72.8 Å². The second-order valence-electron chi connectivity index (χ2n) is 3.59. The highest BCUT2D eigenvalue weighted by Gasteiger charge is 2.23. The molecule has 0 spiro atoms. The normalized spacial score (nSPS) is 16.8. The van der Waals surface area contributed by atoms with Gasteiger partial charge in [-0.15, -0.1) is 10.2 Å². The topological polar surface area (TPSA) is 30.7 Å². The Balaban J connectivity index is 2.01. The number of hydrogen-bond donors (Lipinski definition) is 0. The van der Waals surface area contributed by atoms with Crippen LogP contribution in [0.25, 0.3) is 0 Å². The first kappa shape index (κ1) is 7.77. The summed E-state index contributed by atoms with van der Waals surface area (Å²) in [6, 6.07) is 0. The van der Waals surface area contributed by atoms with Crippen LogP contribution in [0.4, 0.5) is 0 Å². The fraction of sp³-hybridized carbons (Fsp3) is 0.778. The number of aromatic nitrogens is 3. The molecule has 0 atom stereocenters. The van der Waals surface area contributed by atoms with Crippen LogP contribution in [0, 0.1) is 5.92 Å². The van der Waals surface area contributed by atoms with Gasteiger partial charge in [0.1, 0.15) is 12.2 Å². The van der Waals surface area contributed by atoms with Crippen LogP contribution in [0.1, 0.15) is 32.0 Å². The van der Waals surface area contributed by atoms with Gasteiger partial charge in [0.25, 0.3) is 0 Å². The Bertz CT molecular complexity index is 250. The molecular weight excluding hydrogens is 150 g/mol. The van der Waals surface area contributed by atoms with E-state index in [2.05, 4.69) is 21.7 Å². The molecule has 1 aromatic heterocycles. The third-order valence-corrected chi connectivity index (χ3v) is 2.33. The van der Waals surface area contributed by atoms with E-state index in [1.54, 1.807) is 0 Å². The highest BCUT2D eigenvalue weighted by Crippen LogP contribution is 2.31. The average molecular weight is 165 g/mol. The lowest BCUT2D eigenvalue weighted by molar-refractivity contribution is 0.618. The molecule has 2 rings (SSSR count). The van der Waals surface area contributed by atoms with Gasteiger partial charge in [-0.25, -0.2) is 0 Å². The summed E-state index contributed by atoms with van der Waals surface area (Å²) in [6.07, 6.45) is 6.93. The third kappa shape index (κ3) is 1.65. The molecule has 1 aliphatic rings. The van der Waals surface area contributed by atoms with E-state index in [1.807, 2.05) is 6.33 Å². The number of hydrogen-bond acceptors (Lipinski definition) is 2. The van der Waals surface area contributed by atoms with Gasteiger partial charge in [0.15, 0.2) is 0 Å². The summed E-state index contributed by atoms with van der Waals surface area (Å²) in [5.41, 5.74) is 0. The van der Waals surface area contributed by atoms with Crippen molar-refractivity contribution in [2.24, 2.45) is 5.92 Å². The Morgan fingerprint density at radius 1 is 1.58 bits per heavy atom. The van der Waals surface area contributed by atoms with Crippen molar-refractivity contribution in [1.29, 1.82) is 0 Å². The van der Waals surface area contributed by atoms with Gasteiger partial charge in [-0.05, 0) is 25.2 Å². The second-order valence-corrected chi connectivity index (χ2v) is 3.59. The van der Waals surface area contributed by atoms with Crippen LogP contribution in [-0.4, -0.2) is 14.8 Å². The smallest absolute Gasteiger partial charge is 0.133 e. The Hall–Kier alpha value is -0.860. The van der Waals surface area contributed by atoms with Gasteiger partial charge in [0.05, 0.1) is 0 Å². The fourth-order valence-corrected chi connectivity index (χ4v) is 1.44. The summed E-state index contributed by atoms with van der Waals surface area (Å²) in [7, 11) is 0. The van der Waals surface area contributed by atoms with Crippen molar-refractivity contribution in [3.8, 4) is 0 Å². The molecule has 0 aromatic carbocycles. The third-order valence-electron chi connectivity index (χ3n) is 2.33. The summed E-state index contributed by atoms with van der Waals surface area (Å²) in [5, 5.41) is 8.06. The van der Waals surface area contributed by atoms with Gasteiger partial charge >= 0.3 is 0 Å². The van der Waals surface area contributed by atoms with E-state index in [-0.39, 0.29) is 0 Å². The van der Waals surface area contributed by atoms with Crippen molar-refractivity contribution >= 4 is 0 Å². The first-order valence-electron chi connectivity index (χ1n) is 4.77. The molecule has 12 heavy (non-hydrogen) atoms. The minimum Gasteiger partial charge on any atom is -0.318 e. The van der Waals surface area contributed by atoms with Crippen molar-refractivity contribution in [1.82, 2.24) is 14.8 Å². The van der Waals surface area contributed by atoms with E-state index in [0.29, 0.717) is 0 Å². The Kier molecular flexibility index (Phi) is 2.11. The van der Waals surface area contributed by atoms with Gasteiger partial charge in [0.2, 0.25) is 0 Å². The predicted octanol–water partition coefficient (Wildman–Crippen LogP) is 1.64. The first-order valence-corrected chi connectivity index (χ1v) is 4.77. The van der Waals surface area contributed by atoms with E-state index in [4.69, 9.17) is 0 Å². The lowest BCUT2D eigenvalue weighted by Gasteiger charge is -2.02. The molecule has 0 saturated heterocycles. The molecule has 1 heterocycles. The molecule has 1 aromatic rings. The van der Waals surface area contributed by atoms with Crippen molar-refractivity contribution in [3.63, 3.8) is 0 Å². The first-order chi connectivity index (χ1) is 5.90. The monoisotopic (exact) mass is 165 g/mol. The van der Waals surface area contributed by atoms with Crippen molar-refractivity contribution < 1.29 is 0 Å². The van der Waals surface area contributed by atoms with Gasteiger partial charge in [-0.3, -0.25) is 0 Å². The zero-order chi connectivity index (χ0) is 8.39. The number of nitrogens with zero attached hydrogens (tertiary/aromatic N) is 3. The molecule has 3 nitrogen and oxygen atoms in total. The SMILES string of the molecule is CCCn1cnnc1CC1CC1. The molecule has 0 aliphatic heterocycles. The summed E-state index contributed by atoms with van der Waals surface area (Å²) in [6.45, 7) is 3.25. The van der Waals surface area contributed by atoms with Gasteiger partial charge in [-0.2, -0.15) is 0 Å². The lowest BCUT2D eigenvalue weighted by atomic mass is 10.3. The fourth-order valence-electron chi connectivity index (χ4n) is 1.44. The molecule has 0 bridgehead atoms. The molecule has 0 unspecified atom stereocenters. The largest absolute Gasteiger partial charge is 0.318 e. The molecule has 0 radical (unpaired) electrons. The molecular formula is C9H15N3. The molecule has 0 N–H and O–H groups in total. The van der Waals surface area contributed by atoms with E-state index < -0.39 is 0 Å². The highest BCUT2D eigenvalue weighted by atomic mass is 15.3. The molecule has 66 valence electrons. The zero-order valence-corrected chi connectivity index (χ0v) is 7.53. The van der Waals surface area contributed by atoms with Crippen molar-refractivity contribution in [3.05, 3.63) is 12.2 Å². The van der Waals surface area contributed by atoms with Crippen LogP contribution < -0.4 is 0 Å². The van der Waals surface area contributed by atoms with E-state index in [9.17, 15) is 0 Å². The minimum atomic E-state index is 0.907. The summed E-state index contributed by atoms with van der Waals surface area (Å²) in [5.74, 6) is 2.09. The number of rotatable bonds is 4. The summed E-state index contributed by atoms with van der Waals surface area (Å²) < 4.78 is 2.18. The summed E-state index contributed by atoms with van der Waals surface area (Å²) >= 11 is 0. The Morgan fingerprint density at radius 2 is 2.42 bits per heavy atom. The van der Waals surface area contributed by atoms with Gasteiger partial charge in [0, 0.05) is 13.0 Å². The molecule has 0 amide bonds.